The van der Waals surface area contributed by atoms with Crippen molar-refractivity contribution in [3.63, 3.8) is 0 Å². The lowest BCUT2D eigenvalue weighted by Gasteiger charge is -2.22. The van der Waals surface area contributed by atoms with E-state index in [0.29, 0.717) is 12.2 Å². The van der Waals surface area contributed by atoms with Crippen LogP contribution in [0.15, 0.2) is 36.7 Å². The van der Waals surface area contributed by atoms with Gasteiger partial charge < -0.3 is 4.74 Å². The molecule has 7 heteroatoms. The molecule has 1 atom stereocenters. The fourth-order valence-corrected chi connectivity index (χ4v) is 3.96. The SMILES string of the molecule is Cc1ccc(CS(=O)(=O)Nc2cnn(CC3CCCCO3)c2)cc1. The Morgan fingerprint density at radius 3 is 2.79 bits per heavy atom. The summed E-state index contributed by atoms with van der Waals surface area (Å²) >= 11 is 0. The molecular formula is C17H23N3O3S. The molecule has 0 saturated carbocycles. The first kappa shape index (κ1) is 17.0. The summed E-state index contributed by atoms with van der Waals surface area (Å²) in [6, 6.07) is 7.48. The number of anilines is 1. The molecule has 2 heterocycles. The van der Waals surface area contributed by atoms with Gasteiger partial charge in [0.1, 0.15) is 0 Å². The van der Waals surface area contributed by atoms with Gasteiger partial charge in [-0.15, -0.1) is 0 Å². The smallest absolute Gasteiger partial charge is 0.237 e. The van der Waals surface area contributed by atoms with Crippen LogP contribution in [0.5, 0.6) is 0 Å². The third kappa shape index (κ3) is 4.82. The Bertz CT molecular complexity index is 763. The molecule has 1 aromatic heterocycles. The van der Waals surface area contributed by atoms with E-state index in [1.54, 1.807) is 10.9 Å². The highest BCUT2D eigenvalue weighted by molar-refractivity contribution is 7.91. The van der Waals surface area contributed by atoms with Crippen molar-refractivity contribution in [3.05, 3.63) is 47.8 Å². The Hall–Kier alpha value is -1.86. The predicted molar refractivity (Wildman–Crippen MR) is 93.2 cm³/mol. The minimum Gasteiger partial charge on any atom is -0.376 e. The molecule has 2 aromatic rings. The van der Waals surface area contributed by atoms with Gasteiger partial charge in [-0.25, -0.2) is 8.42 Å². The van der Waals surface area contributed by atoms with Crippen LogP contribution in [-0.2, 0) is 27.1 Å². The molecule has 0 radical (unpaired) electrons. The summed E-state index contributed by atoms with van der Waals surface area (Å²) in [4.78, 5) is 0. The van der Waals surface area contributed by atoms with Crippen LogP contribution in [0, 0.1) is 6.92 Å². The second-order valence-corrected chi connectivity index (χ2v) is 8.01. The van der Waals surface area contributed by atoms with E-state index < -0.39 is 10.0 Å². The topological polar surface area (TPSA) is 73.2 Å². The van der Waals surface area contributed by atoms with Crippen LogP contribution in [0.25, 0.3) is 0 Å². The quantitative estimate of drug-likeness (QED) is 0.870. The number of hydrogen-bond acceptors (Lipinski definition) is 4. The minimum absolute atomic E-state index is 0.0514. The predicted octanol–water partition coefficient (Wildman–Crippen LogP) is 2.70. The van der Waals surface area contributed by atoms with Crippen LogP contribution < -0.4 is 4.72 Å². The van der Waals surface area contributed by atoms with Crippen LogP contribution in [0.1, 0.15) is 30.4 Å². The Balaban J connectivity index is 1.59. The fraction of sp³-hybridized carbons (Fsp3) is 0.471. The minimum atomic E-state index is -3.45. The van der Waals surface area contributed by atoms with Gasteiger partial charge in [0, 0.05) is 12.8 Å². The maximum absolute atomic E-state index is 12.3. The van der Waals surface area contributed by atoms with Crippen molar-refractivity contribution < 1.29 is 13.2 Å². The van der Waals surface area contributed by atoms with E-state index >= 15 is 0 Å². The molecule has 0 spiro atoms. The van der Waals surface area contributed by atoms with Gasteiger partial charge in [-0.2, -0.15) is 5.10 Å². The Labute approximate surface area is 142 Å². The average molecular weight is 349 g/mol. The molecule has 3 rings (SSSR count). The largest absolute Gasteiger partial charge is 0.376 e. The van der Waals surface area contributed by atoms with Crippen molar-refractivity contribution in [3.8, 4) is 0 Å². The van der Waals surface area contributed by atoms with Crippen molar-refractivity contribution in [2.24, 2.45) is 0 Å². The Morgan fingerprint density at radius 2 is 2.08 bits per heavy atom. The zero-order valence-electron chi connectivity index (χ0n) is 13.8. The molecule has 0 bridgehead atoms. The highest BCUT2D eigenvalue weighted by Crippen LogP contribution is 2.16. The first-order valence-corrected chi connectivity index (χ1v) is 9.85. The third-order valence-corrected chi connectivity index (χ3v) is 5.31. The molecular weight excluding hydrogens is 326 g/mol. The highest BCUT2D eigenvalue weighted by atomic mass is 32.2. The molecule has 1 N–H and O–H groups in total. The summed E-state index contributed by atoms with van der Waals surface area (Å²) in [5.74, 6) is -0.0514. The molecule has 6 nitrogen and oxygen atoms in total. The molecule has 130 valence electrons. The van der Waals surface area contributed by atoms with Crippen LogP contribution in [0.4, 0.5) is 5.69 Å². The number of rotatable bonds is 6. The van der Waals surface area contributed by atoms with Gasteiger partial charge in [0.2, 0.25) is 10.0 Å². The lowest BCUT2D eigenvalue weighted by molar-refractivity contribution is 0.00401. The van der Waals surface area contributed by atoms with Gasteiger partial charge in [0.25, 0.3) is 0 Å². The van der Waals surface area contributed by atoms with Gasteiger partial charge >= 0.3 is 0 Å². The second-order valence-electron chi connectivity index (χ2n) is 6.29. The van der Waals surface area contributed by atoms with Gasteiger partial charge in [0.15, 0.2) is 0 Å². The van der Waals surface area contributed by atoms with Gasteiger partial charge in [0.05, 0.1) is 30.3 Å². The number of nitrogens with zero attached hydrogens (tertiary/aromatic N) is 2. The van der Waals surface area contributed by atoms with E-state index in [4.69, 9.17) is 4.74 Å². The molecule has 1 aliphatic heterocycles. The number of sulfonamides is 1. The number of benzene rings is 1. The standard InChI is InChI=1S/C17H23N3O3S/c1-14-5-7-15(8-6-14)13-24(21,22)19-16-10-18-20(11-16)12-17-4-2-3-9-23-17/h5-8,10-11,17,19H,2-4,9,12-13H2,1H3. The number of aryl methyl sites for hydroxylation is 1. The number of aromatic nitrogens is 2. The Kier molecular flexibility index (Phi) is 5.20. The van der Waals surface area contributed by atoms with E-state index in [1.807, 2.05) is 31.2 Å². The van der Waals surface area contributed by atoms with Gasteiger partial charge in [-0.1, -0.05) is 29.8 Å². The average Bonchev–Trinajstić information content (AvgIpc) is 2.96. The normalized spacial score (nSPS) is 18.5. The van der Waals surface area contributed by atoms with Crippen LogP contribution in [0.3, 0.4) is 0 Å². The maximum Gasteiger partial charge on any atom is 0.237 e. The molecule has 1 saturated heterocycles. The molecule has 1 unspecified atom stereocenters. The summed E-state index contributed by atoms with van der Waals surface area (Å²) in [6.45, 7) is 3.42. The lowest BCUT2D eigenvalue weighted by atomic mass is 10.1. The number of ether oxygens (including phenoxy) is 1. The monoisotopic (exact) mass is 349 g/mol. The van der Waals surface area contributed by atoms with E-state index in [2.05, 4.69) is 9.82 Å². The Morgan fingerprint density at radius 1 is 1.29 bits per heavy atom. The van der Waals surface area contributed by atoms with Crippen LogP contribution in [-0.4, -0.2) is 30.9 Å². The zero-order valence-corrected chi connectivity index (χ0v) is 14.6. The second kappa shape index (κ2) is 7.36. The molecule has 1 aromatic carbocycles. The van der Waals surface area contributed by atoms with Crippen LogP contribution >= 0.6 is 0 Å². The fourth-order valence-electron chi connectivity index (χ4n) is 2.80. The van der Waals surface area contributed by atoms with Crippen molar-refractivity contribution in [2.45, 2.75) is 44.6 Å². The number of nitrogens with one attached hydrogen (secondary N) is 1. The molecule has 1 fully saturated rings. The van der Waals surface area contributed by atoms with Crippen molar-refractivity contribution in [1.29, 1.82) is 0 Å². The summed E-state index contributed by atoms with van der Waals surface area (Å²) in [7, 11) is -3.45. The third-order valence-electron chi connectivity index (χ3n) is 4.05. The first-order valence-electron chi connectivity index (χ1n) is 8.20. The van der Waals surface area contributed by atoms with Gasteiger partial charge in [-0.3, -0.25) is 9.40 Å². The molecule has 0 amide bonds. The highest BCUT2D eigenvalue weighted by Gasteiger charge is 2.16. The van der Waals surface area contributed by atoms with E-state index in [-0.39, 0.29) is 11.9 Å². The van der Waals surface area contributed by atoms with E-state index in [1.165, 1.54) is 12.6 Å². The van der Waals surface area contributed by atoms with E-state index in [0.717, 1.165) is 30.6 Å². The van der Waals surface area contributed by atoms with Crippen LogP contribution in [0.2, 0.25) is 0 Å². The molecule has 1 aliphatic rings. The zero-order chi connectivity index (χ0) is 17.0. The van der Waals surface area contributed by atoms with Crippen molar-refractivity contribution in [1.82, 2.24) is 9.78 Å². The summed E-state index contributed by atoms with van der Waals surface area (Å²) < 4.78 is 34.6. The number of hydrogen-bond donors (Lipinski definition) is 1. The first-order chi connectivity index (χ1) is 11.5. The van der Waals surface area contributed by atoms with Crippen molar-refractivity contribution >= 4 is 15.7 Å². The molecule has 24 heavy (non-hydrogen) atoms. The van der Waals surface area contributed by atoms with E-state index in [9.17, 15) is 8.42 Å². The van der Waals surface area contributed by atoms with Crippen molar-refractivity contribution in [2.75, 3.05) is 11.3 Å². The maximum atomic E-state index is 12.3. The lowest BCUT2D eigenvalue weighted by Crippen LogP contribution is -2.24. The summed E-state index contributed by atoms with van der Waals surface area (Å²) in [5.41, 5.74) is 2.35. The summed E-state index contributed by atoms with van der Waals surface area (Å²) in [5, 5.41) is 4.22. The molecule has 0 aliphatic carbocycles. The summed E-state index contributed by atoms with van der Waals surface area (Å²) in [6.07, 6.45) is 6.71. The van der Waals surface area contributed by atoms with Gasteiger partial charge in [-0.05, 0) is 31.7 Å².